The van der Waals surface area contributed by atoms with Crippen molar-refractivity contribution in [2.75, 3.05) is 0 Å². The van der Waals surface area contributed by atoms with Gasteiger partial charge in [-0.2, -0.15) is 0 Å². The minimum Gasteiger partial charge on any atom is -0.353 e. The van der Waals surface area contributed by atoms with Gasteiger partial charge in [-0.3, -0.25) is 0 Å². The van der Waals surface area contributed by atoms with Crippen LogP contribution in [-0.2, 0) is 0 Å². The van der Waals surface area contributed by atoms with Crippen LogP contribution in [0.15, 0.2) is 84.9 Å². The number of hydrogen-bond donors (Lipinski definition) is 1. The maximum absolute atomic E-state index is 4.98. The van der Waals surface area contributed by atoms with E-state index in [4.69, 9.17) is 9.97 Å². The predicted octanol–water partition coefficient (Wildman–Crippen LogP) is 6.08. The molecule has 3 aromatic carbocycles. The molecule has 0 aliphatic heterocycles. The summed E-state index contributed by atoms with van der Waals surface area (Å²) in [5.41, 5.74) is 5.90. The summed E-state index contributed by atoms with van der Waals surface area (Å²) in [7, 11) is 0. The second-order valence-electron chi connectivity index (χ2n) is 6.79. The number of para-hydroxylation sites is 3. The highest BCUT2D eigenvalue weighted by Crippen LogP contribution is 2.36. The number of aromatic amines is 1. The fraction of sp³-hybridized carbons (Fsp3) is 0. The molecule has 1 N–H and O–H groups in total. The molecule has 0 aliphatic carbocycles. The maximum Gasteiger partial charge on any atom is 0.113 e. The van der Waals surface area contributed by atoms with E-state index >= 15 is 0 Å². The molecule has 0 saturated heterocycles. The van der Waals surface area contributed by atoms with E-state index in [9.17, 15) is 0 Å². The average Bonchev–Trinajstić information content (AvgIpc) is 3.13. The van der Waals surface area contributed by atoms with Crippen molar-refractivity contribution in [2.45, 2.75) is 0 Å². The van der Waals surface area contributed by atoms with Crippen LogP contribution < -0.4 is 0 Å². The Kier molecular flexibility index (Phi) is 2.88. The summed E-state index contributed by atoms with van der Waals surface area (Å²) in [4.78, 5) is 13.5. The second-order valence-corrected chi connectivity index (χ2v) is 6.79. The van der Waals surface area contributed by atoms with E-state index in [-0.39, 0.29) is 0 Å². The number of fused-ring (bicyclic) bond motifs is 6. The summed E-state index contributed by atoms with van der Waals surface area (Å²) in [6.45, 7) is 0. The van der Waals surface area contributed by atoms with Gasteiger partial charge in [-0.25, -0.2) is 9.97 Å². The zero-order valence-corrected chi connectivity index (χ0v) is 14.5. The van der Waals surface area contributed by atoms with E-state index < -0.39 is 0 Å². The van der Waals surface area contributed by atoms with Crippen molar-refractivity contribution >= 4 is 43.6 Å². The molecular formula is C24H15N3. The lowest BCUT2D eigenvalue weighted by Crippen LogP contribution is -1.92. The third kappa shape index (κ3) is 2.09. The molecule has 126 valence electrons. The fourth-order valence-corrected chi connectivity index (χ4v) is 3.94. The van der Waals surface area contributed by atoms with Crippen LogP contribution in [-0.4, -0.2) is 15.0 Å². The molecule has 0 aliphatic rings. The monoisotopic (exact) mass is 345 g/mol. The molecule has 0 bridgehead atoms. The number of aromatic nitrogens is 3. The third-order valence-corrected chi connectivity index (χ3v) is 5.19. The largest absolute Gasteiger partial charge is 0.353 e. The number of nitrogens with one attached hydrogen (secondary N) is 1. The highest BCUT2D eigenvalue weighted by Gasteiger charge is 2.16. The Labute approximate surface area is 155 Å². The number of benzene rings is 3. The molecule has 6 rings (SSSR count). The Morgan fingerprint density at radius 2 is 1.33 bits per heavy atom. The van der Waals surface area contributed by atoms with Crippen LogP contribution in [0.3, 0.4) is 0 Å². The molecule has 0 radical (unpaired) electrons. The molecule has 27 heavy (non-hydrogen) atoms. The lowest BCUT2D eigenvalue weighted by atomic mass is 10.0. The minimum atomic E-state index is 0.885. The van der Waals surface area contributed by atoms with E-state index in [0.29, 0.717) is 0 Å². The van der Waals surface area contributed by atoms with E-state index in [1.165, 1.54) is 10.8 Å². The van der Waals surface area contributed by atoms with Gasteiger partial charge in [0.1, 0.15) is 5.69 Å². The molecule has 0 fully saturated rings. The SMILES string of the molecule is c1ccc2nc(-c3nc4ccccc4c4c3[nH]c3ccccc34)ccc2c1. The quantitative estimate of drug-likeness (QED) is 0.392. The first-order valence-corrected chi connectivity index (χ1v) is 9.04. The third-order valence-electron chi connectivity index (χ3n) is 5.19. The van der Waals surface area contributed by atoms with Gasteiger partial charge in [-0.05, 0) is 24.3 Å². The lowest BCUT2D eigenvalue weighted by Gasteiger charge is -2.07. The number of nitrogens with zero attached hydrogens (tertiary/aromatic N) is 2. The van der Waals surface area contributed by atoms with Crippen LogP contribution in [0.1, 0.15) is 0 Å². The molecule has 0 saturated carbocycles. The van der Waals surface area contributed by atoms with Crippen molar-refractivity contribution in [1.29, 1.82) is 0 Å². The van der Waals surface area contributed by atoms with Gasteiger partial charge >= 0.3 is 0 Å². The molecule has 0 atom stereocenters. The molecule has 3 nitrogen and oxygen atoms in total. The summed E-state index contributed by atoms with van der Waals surface area (Å²) in [5.74, 6) is 0. The van der Waals surface area contributed by atoms with Gasteiger partial charge in [-0.1, -0.05) is 60.7 Å². The summed E-state index contributed by atoms with van der Waals surface area (Å²) >= 11 is 0. The van der Waals surface area contributed by atoms with Crippen LogP contribution >= 0.6 is 0 Å². The first kappa shape index (κ1) is 14.4. The normalized spacial score (nSPS) is 11.7. The molecular weight excluding hydrogens is 330 g/mol. The molecule has 0 unspecified atom stereocenters. The Morgan fingerprint density at radius 3 is 2.26 bits per heavy atom. The molecule has 0 amide bonds. The summed E-state index contributed by atoms with van der Waals surface area (Å²) in [6.07, 6.45) is 0. The number of pyridine rings is 2. The average molecular weight is 345 g/mol. The molecule has 3 heterocycles. The topological polar surface area (TPSA) is 41.6 Å². The van der Waals surface area contributed by atoms with Crippen LogP contribution in [0.4, 0.5) is 0 Å². The van der Waals surface area contributed by atoms with E-state index in [2.05, 4.69) is 65.6 Å². The van der Waals surface area contributed by atoms with E-state index in [1.807, 2.05) is 24.3 Å². The van der Waals surface area contributed by atoms with Crippen molar-refractivity contribution in [2.24, 2.45) is 0 Å². The standard InChI is InChI=1S/C24H15N3/c1-4-10-18-15(7-1)13-14-21(25-18)23-24-22(16-8-2-5-11-19(16)26-23)17-9-3-6-12-20(17)27-24/h1-14,27H. The first-order valence-electron chi connectivity index (χ1n) is 9.04. The van der Waals surface area contributed by atoms with Gasteiger partial charge in [0, 0.05) is 27.1 Å². The van der Waals surface area contributed by atoms with Crippen LogP contribution in [0.2, 0.25) is 0 Å². The van der Waals surface area contributed by atoms with Gasteiger partial charge in [-0.15, -0.1) is 0 Å². The molecule has 3 heteroatoms. The number of H-pyrrole nitrogens is 1. The zero-order chi connectivity index (χ0) is 17.8. The summed E-state index contributed by atoms with van der Waals surface area (Å²) < 4.78 is 0. The minimum absolute atomic E-state index is 0.885. The smallest absolute Gasteiger partial charge is 0.113 e. The van der Waals surface area contributed by atoms with E-state index in [1.54, 1.807) is 0 Å². The van der Waals surface area contributed by atoms with Gasteiger partial charge in [0.25, 0.3) is 0 Å². The van der Waals surface area contributed by atoms with Crippen molar-refractivity contribution in [1.82, 2.24) is 15.0 Å². The Morgan fingerprint density at radius 1 is 0.593 bits per heavy atom. The summed E-state index contributed by atoms with van der Waals surface area (Å²) in [6, 6.07) is 29.1. The Hall–Kier alpha value is -3.72. The molecule has 0 spiro atoms. The van der Waals surface area contributed by atoms with Crippen LogP contribution in [0, 0.1) is 0 Å². The highest BCUT2D eigenvalue weighted by atomic mass is 14.8. The van der Waals surface area contributed by atoms with Crippen molar-refractivity contribution < 1.29 is 0 Å². The molecule has 6 aromatic rings. The Bertz CT molecular complexity index is 1480. The molecule has 3 aromatic heterocycles. The zero-order valence-electron chi connectivity index (χ0n) is 14.5. The second kappa shape index (κ2) is 5.39. The van der Waals surface area contributed by atoms with Gasteiger partial charge in [0.15, 0.2) is 0 Å². The van der Waals surface area contributed by atoms with Crippen molar-refractivity contribution in [3.05, 3.63) is 84.9 Å². The lowest BCUT2D eigenvalue weighted by molar-refractivity contribution is 1.32. The Balaban J connectivity index is 1.79. The van der Waals surface area contributed by atoms with Crippen LogP contribution in [0.25, 0.3) is 55.0 Å². The predicted molar refractivity (Wildman–Crippen MR) is 112 cm³/mol. The maximum atomic E-state index is 4.98. The number of rotatable bonds is 1. The van der Waals surface area contributed by atoms with Crippen LogP contribution in [0.5, 0.6) is 0 Å². The summed E-state index contributed by atoms with van der Waals surface area (Å²) in [5, 5.41) is 4.72. The van der Waals surface area contributed by atoms with Crippen molar-refractivity contribution in [3.63, 3.8) is 0 Å². The van der Waals surface area contributed by atoms with Gasteiger partial charge in [0.2, 0.25) is 0 Å². The van der Waals surface area contributed by atoms with Gasteiger partial charge < -0.3 is 4.98 Å². The first-order chi connectivity index (χ1) is 13.4. The fourth-order valence-electron chi connectivity index (χ4n) is 3.94. The number of hydrogen-bond acceptors (Lipinski definition) is 2. The highest BCUT2D eigenvalue weighted by molar-refractivity contribution is 6.22. The van der Waals surface area contributed by atoms with Gasteiger partial charge in [0.05, 0.1) is 22.2 Å². The van der Waals surface area contributed by atoms with E-state index in [0.717, 1.165) is 44.2 Å². The van der Waals surface area contributed by atoms with Crippen molar-refractivity contribution in [3.8, 4) is 11.4 Å².